The molecule has 1 aromatic carbocycles. The van der Waals surface area contributed by atoms with Crippen molar-refractivity contribution in [2.75, 3.05) is 0 Å². The predicted octanol–water partition coefficient (Wildman–Crippen LogP) is 3.52. The van der Waals surface area contributed by atoms with E-state index in [9.17, 15) is 9.18 Å². The normalized spacial score (nSPS) is 13.1. The number of hydrogen-bond donors (Lipinski definition) is 2. The van der Waals surface area contributed by atoms with Crippen molar-refractivity contribution in [1.82, 2.24) is 4.98 Å². The highest BCUT2D eigenvalue weighted by atomic mass is 19.1. The van der Waals surface area contributed by atoms with Crippen LogP contribution in [0.1, 0.15) is 31.7 Å². The topological polar surface area (TPSA) is 53.1 Å². The van der Waals surface area contributed by atoms with E-state index in [0.717, 1.165) is 16.5 Å². The minimum absolute atomic E-state index is 0.0567. The maximum absolute atomic E-state index is 13.3. The molecule has 0 saturated heterocycles. The number of carboxylic acid groups (broad SMARTS) is 1. The standard InChI is InChI=1S/C14H16FNO2/c1-8(2)10(6-14(17)18)12-7-16-13-4-3-9(15)5-11(12)13/h3-5,7-8,10,16H,6H2,1-2H3,(H,17,18). The average Bonchev–Trinajstić information content (AvgIpc) is 2.68. The fourth-order valence-corrected chi connectivity index (χ4v) is 2.31. The fraction of sp³-hybridized carbons (Fsp3) is 0.357. The SMILES string of the molecule is CC(C)C(CC(=O)O)c1c[nH]c2ccc(F)cc12. The second kappa shape index (κ2) is 4.80. The van der Waals surface area contributed by atoms with E-state index in [1.54, 1.807) is 12.3 Å². The third-order valence-electron chi connectivity index (χ3n) is 3.27. The van der Waals surface area contributed by atoms with Gasteiger partial charge in [0.25, 0.3) is 0 Å². The predicted molar refractivity (Wildman–Crippen MR) is 68.1 cm³/mol. The number of benzene rings is 1. The second-order valence-electron chi connectivity index (χ2n) is 4.88. The molecule has 1 unspecified atom stereocenters. The Morgan fingerprint density at radius 2 is 2.17 bits per heavy atom. The molecule has 0 bridgehead atoms. The Morgan fingerprint density at radius 1 is 1.44 bits per heavy atom. The fourth-order valence-electron chi connectivity index (χ4n) is 2.31. The minimum Gasteiger partial charge on any atom is -0.481 e. The molecule has 0 aliphatic heterocycles. The van der Waals surface area contributed by atoms with Crippen molar-refractivity contribution in [1.29, 1.82) is 0 Å². The lowest BCUT2D eigenvalue weighted by molar-refractivity contribution is -0.137. The Morgan fingerprint density at radius 3 is 2.78 bits per heavy atom. The number of rotatable bonds is 4. The Bertz CT molecular complexity index is 574. The van der Waals surface area contributed by atoms with Crippen LogP contribution in [0.15, 0.2) is 24.4 Å². The molecule has 0 saturated carbocycles. The van der Waals surface area contributed by atoms with E-state index in [2.05, 4.69) is 4.98 Å². The highest BCUT2D eigenvalue weighted by molar-refractivity contribution is 5.84. The van der Waals surface area contributed by atoms with Crippen LogP contribution < -0.4 is 0 Å². The number of nitrogens with one attached hydrogen (secondary N) is 1. The van der Waals surface area contributed by atoms with E-state index in [1.165, 1.54) is 12.1 Å². The molecular formula is C14H16FNO2. The molecule has 0 fully saturated rings. The Labute approximate surface area is 105 Å². The lowest BCUT2D eigenvalue weighted by Crippen LogP contribution is -2.11. The van der Waals surface area contributed by atoms with E-state index in [4.69, 9.17) is 5.11 Å². The van der Waals surface area contributed by atoms with Gasteiger partial charge in [0.2, 0.25) is 0 Å². The molecule has 0 radical (unpaired) electrons. The van der Waals surface area contributed by atoms with E-state index >= 15 is 0 Å². The van der Waals surface area contributed by atoms with E-state index in [1.807, 2.05) is 13.8 Å². The summed E-state index contributed by atoms with van der Waals surface area (Å²) in [4.78, 5) is 14.0. The molecule has 0 aliphatic carbocycles. The number of fused-ring (bicyclic) bond motifs is 1. The van der Waals surface area contributed by atoms with Gasteiger partial charge in [-0.1, -0.05) is 13.8 Å². The quantitative estimate of drug-likeness (QED) is 0.871. The molecule has 18 heavy (non-hydrogen) atoms. The van der Waals surface area contributed by atoms with Crippen molar-refractivity contribution in [2.45, 2.75) is 26.2 Å². The van der Waals surface area contributed by atoms with Gasteiger partial charge in [-0.15, -0.1) is 0 Å². The molecule has 3 nitrogen and oxygen atoms in total. The molecule has 2 rings (SSSR count). The van der Waals surface area contributed by atoms with Gasteiger partial charge >= 0.3 is 5.97 Å². The van der Waals surface area contributed by atoms with Crippen LogP contribution in [0.2, 0.25) is 0 Å². The molecule has 1 heterocycles. The van der Waals surface area contributed by atoms with E-state index in [-0.39, 0.29) is 24.1 Å². The van der Waals surface area contributed by atoms with Crippen LogP contribution in [0.25, 0.3) is 10.9 Å². The van der Waals surface area contributed by atoms with Crippen LogP contribution in [-0.4, -0.2) is 16.1 Å². The largest absolute Gasteiger partial charge is 0.481 e. The van der Waals surface area contributed by atoms with Crippen LogP contribution in [0.3, 0.4) is 0 Å². The molecule has 0 amide bonds. The zero-order valence-electron chi connectivity index (χ0n) is 10.4. The van der Waals surface area contributed by atoms with Crippen molar-refractivity contribution in [3.05, 3.63) is 35.8 Å². The van der Waals surface area contributed by atoms with Gasteiger partial charge in [0.05, 0.1) is 6.42 Å². The number of carboxylic acids is 1. The molecule has 0 spiro atoms. The van der Waals surface area contributed by atoms with Crippen molar-refractivity contribution < 1.29 is 14.3 Å². The molecule has 2 N–H and O–H groups in total. The average molecular weight is 249 g/mol. The van der Waals surface area contributed by atoms with Gasteiger partial charge in [-0.3, -0.25) is 4.79 Å². The molecule has 2 aromatic rings. The summed E-state index contributed by atoms with van der Waals surface area (Å²) in [6, 6.07) is 4.52. The number of aromatic amines is 1. The van der Waals surface area contributed by atoms with Crippen LogP contribution in [0.4, 0.5) is 4.39 Å². The van der Waals surface area contributed by atoms with Gasteiger partial charge in [-0.25, -0.2) is 4.39 Å². The third kappa shape index (κ3) is 2.37. The molecule has 96 valence electrons. The van der Waals surface area contributed by atoms with Gasteiger partial charge in [0.1, 0.15) is 5.82 Å². The van der Waals surface area contributed by atoms with Crippen LogP contribution >= 0.6 is 0 Å². The minimum atomic E-state index is -0.834. The van der Waals surface area contributed by atoms with Crippen molar-refractivity contribution in [3.8, 4) is 0 Å². The van der Waals surface area contributed by atoms with E-state index < -0.39 is 5.97 Å². The highest BCUT2D eigenvalue weighted by Crippen LogP contribution is 2.33. The maximum Gasteiger partial charge on any atom is 0.303 e. The molecular weight excluding hydrogens is 233 g/mol. The lowest BCUT2D eigenvalue weighted by Gasteiger charge is -2.18. The van der Waals surface area contributed by atoms with Gasteiger partial charge in [0.15, 0.2) is 0 Å². The zero-order valence-corrected chi connectivity index (χ0v) is 10.4. The number of carbonyl (C=O) groups is 1. The summed E-state index contributed by atoms with van der Waals surface area (Å²) < 4.78 is 13.3. The van der Waals surface area contributed by atoms with Crippen molar-refractivity contribution in [3.63, 3.8) is 0 Å². The monoisotopic (exact) mass is 249 g/mol. The Balaban J connectivity index is 2.50. The molecule has 0 aliphatic rings. The highest BCUT2D eigenvalue weighted by Gasteiger charge is 2.22. The third-order valence-corrected chi connectivity index (χ3v) is 3.27. The number of aliphatic carboxylic acids is 1. The first-order chi connectivity index (χ1) is 8.49. The van der Waals surface area contributed by atoms with Gasteiger partial charge in [0, 0.05) is 17.1 Å². The summed E-state index contributed by atoms with van der Waals surface area (Å²) in [6.45, 7) is 3.96. The molecule has 4 heteroatoms. The van der Waals surface area contributed by atoms with Crippen molar-refractivity contribution >= 4 is 16.9 Å². The van der Waals surface area contributed by atoms with Crippen molar-refractivity contribution in [2.24, 2.45) is 5.92 Å². The molecule has 1 atom stereocenters. The Hall–Kier alpha value is -1.84. The smallest absolute Gasteiger partial charge is 0.303 e. The van der Waals surface area contributed by atoms with Crippen LogP contribution in [0, 0.1) is 11.7 Å². The second-order valence-corrected chi connectivity index (χ2v) is 4.88. The summed E-state index contributed by atoms with van der Waals surface area (Å²) in [5, 5.41) is 9.75. The van der Waals surface area contributed by atoms with Gasteiger partial charge < -0.3 is 10.1 Å². The number of hydrogen-bond acceptors (Lipinski definition) is 1. The summed E-state index contributed by atoms with van der Waals surface area (Å²) in [5.41, 5.74) is 1.71. The summed E-state index contributed by atoms with van der Waals surface area (Å²) >= 11 is 0. The summed E-state index contributed by atoms with van der Waals surface area (Å²) in [6.07, 6.45) is 1.85. The number of halogens is 1. The first kappa shape index (κ1) is 12.6. The van der Waals surface area contributed by atoms with E-state index in [0.29, 0.717) is 0 Å². The first-order valence-corrected chi connectivity index (χ1v) is 5.97. The summed E-state index contributed by atoms with van der Waals surface area (Å²) in [5.74, 6) is -1.07. The summed E-state index contributed by atoms with van der Waals surface area (Å²) in [7, 11) is 0. The zero-order chi connectivity index (χ0) is 13.3. The number of H-pyrrole nitrogens is 1. The Kier molecular flexibility index (Phi) is 3.36. The van der Waals surface area contributed by atoms with Gasteiger partial charge in [-0.05, 0) is 35.6 Å². The van der Waals surface area contributed by atoms with Crippen LogP contribution in [-0.2, 0) is 4.79 Å². The maximum atomic E-state index is 13.3. The van der Waals surface area contributed by atoms with Crippen LogP contribution in [0.5, 0.6) is 0 Å². The lowest BCUT2D eigenvalue weighted by atomic mass is 9.85. The molecule has 1 aromatic heterocycles. The first-order valence-electron chi connectivity index (χ1n) is 5.97. The number of aromatic nitrogens is 1. The van der Waals surface area contributed by atoms with Gasteiger partial charge in [-0.2, -0.15) is 0 Å².